The Balaban J connectivity index is 1.72. The van der Waals surface area contributed by atoms with E-state index in [2.05, 4.69) is 44.6 Å². The van der Waals surface area contributed by atoms with E-state index in [-0.39, 0.29) is 0 Å². The lowest BCUT2D eigenvalue weighted by atomic mass is 10.1. The van der Waals surface area contributed by atoms with Crippen LogP contribution >= 0.6 is 0 Å². The van der Waals surface area contributed by atoms with Crippen molar-refractivity contribution >= 4 is 16.9 Å². The highest BCUT2D eigenvalue weighted by Gasteiger charge is 2.06. The van der Waals surface area contributed by atoms with Crippen molar-refractivity contribution in [3.63, 3.8) is 0 Å². The summed E-state index contributed by atoms with van der Waals surface area (Å²) in [7, 11) is 1.88. The summed E-state index contributed by atoms with van der Waals surface area (Å²) >= 11 is 0. The lowest BCUT2D eigenvalue weighted by molar-refractivity contribution is 0.785. The number of anilines is 1. The van der Waals surface area contributed by atoms with Crippen LogP contribution in [-0.2, 0) is 13.5 Å². The number of rotatable bonds is 4. The first-order valence-corrected chi connectivity index (χ1v) is 6.25. The van der Waals surface area contributed by atoms with Gasteiger partial charge < -0.3 is 5.32 Å². The average molecular weight is 253 g/mol. The molecule has 5 nitrogen and oxygen atoms in total. The summed E-state index contributed by atoms with van der Waals surface area (Å²) in [5.74, 6) is 0.842. The predicted octanol–water partition coefficient (Wildman–Crippen LogP) is 2.02. The average Bonchev–Trinajstić information content (AvgIpc) is 2.83. The minimum atomic E-state index is 0.838. The molecule has 0 aliphatic heterocycles. The van der Waals surface area contributed by atoms with Crippen molar-refractivity contribution < 1.29 is 0 Å². The monoisotopic (exact) mass is 253 g/mol. The van der Waals surface area contributed by atoms with Crippen LogP contribution in [0.2, 0.25) is 0 Å². The van der Waals surface area contributed by atoms with E-state index in [1.165, 1.54) is 5.56 Å². The summed E-state index contributed by atoms with van der Waals surface area (Å²) in [6.07, 6.45) is 4.32. The summed E-state index contributed by atoms with van der Waals surface area (Å²) in [5, 5.41) is 8.50. The minimum absolute atomic E-state index is 0.838. The number of aryl methyl sites for hydroxylation is 1. The van der Waals surface area contributed by atoms with Crippen LogP contribution in [-0.4, -0.2) is 26.3 Å². The Morgan fingerprint density at radius 3 is 2.84 bits per heavy atom. The number of benzene rings is 1. The Hall–Kier alpha value is -2.43. The molecule has 0 radical (unpaired) electrons. The van der Waals surface area contributed by atoms with Gasteiger partial charge in [-0.2, -0.15) is 5.10 Å². The standard InChI is InChI=1S/C14H15N5/c1-19-14-12(9-18-19)13(16-10-17-14)15-8-7-11-5-3-2-4-6-11/h2-6,9-10H,7-8H2,1H3,(H,15,16,17). The van der Waals surface area contributed by atoms with Crippen LogP contribution in [0, 0.1) is 0 Å². The number of nitrogens with zero attached hydrogens (tertiary/aromatic N) is 4. The van der Waals surface area contributed by atoms with E-state index in [0.29, 0.717) is 0 Å². The number of fused-ring (bicyclic) bond motifs is 1. The van der Waals surface area contributed by atoms with Gasteiger partial charge in [0.1, 0.15) is 12.1 Å². The maximum absolute atomic E-state index is 4.28. The number of aromatic nitrogens is 4. The van der Waals surface area contributed by atoms with Crippen LogP contribution < -0.4 is 5.32 Å². The van der Waals surface area contributed by atoms with Crippen molar-refractivity contribution in [3.05, 3.63) is 48.4 Å². The van der Waals surface area contributed by atoms with Crippen molar-refractivity contribution in [3.8, 4) is 0 Å². The molecule has 0 spiro atoms. The van der Waals surface area contributed by atoms with E-state index >= 15 is 0 Å². The van der Waals surface area contributed by atoms with Gasteiger partial charge in [0.25, 0.3) is 0 Å². The molecule has 2 aromatic heterocycles. The molecule has 0 aliphatic rings. The Morgan fingerprint density at radius 1 is 1.16 bits per heavy atom. The van der Waals surface area contributed by atoms with Crippen molar-refractivity contribution in [2.24, 2.45) is 7.05 Å². The SMILES string of the molecule is Cn1ncc2c(NCCc3ccccc3)ncnc21. The second-order valence-corrected chi connectivity index (χ2v) is 4.39. The van der Waals surface area contributed by atoms with Gasteiger partial charge in [0.05, 0.1) is 11.6 Å². The molecule has 0 atom stereocenters. The fourth-order valence-electron chi connectivity index (χ4n) is 2.07. The van der Waals surface area contributed by atoms with Crippen LogP contribution in [0.1, 0.15) is 5.56 Å². The van der Waals surface area contributed by atoms with Gasteiger partial charge in [-0.05, 0) is 12.0 Å². The third-order valence-electron chi connectivity index (χ3n) is 3.08. The van der Waals surface area contributed by atoms with Crippen LogP contribution in [0.25, 0.3) is 11.0 Å². The van der Waals surface area contributed by atoms with E-state index in [4.69, 9.17) is 0 Å². The maximum Gasteiger partial charge on any atom is 0.163 e. The van der Waals surface area contributed by atoms with Gasteiger partial charge in [0.15, 0.2) is 5.65 Å². The van der Waals surface area contributed by atoms with Gasteiger partial charge in [-0.3, -0.25) is 4.68 Å². The number of hydrogen-bond acceptors (Lipinski definition) is 4. The van der Waals surface area contributed by atoms with Crippen molar-refractivity contribution in [1.82, 2.24) is 19.7 Å². The van der Waals surface area contributed by atoms with Crippen LogP contribution in [0.15, 0.2) is 42.9 Å². The highest BCUT2D eigenvalue weighted by molar-refractivity contribution is 5.85. The molecule has 3 rings (SSSR count). The van der Waals surface area contributed by atoms with Crippen LogP contribution in [0.5, 0.6) is 0 Å². The Kier molecular flexibility index (Phi) is 3.10. The molecule has 0 unspecified atom stereocenters. The summed E-state index contributed by atoms with van der Waals surface area (Å²) < 4.78 is 1.75. The third kappa shape index (κ3) is 2.40. The zero-order valence-electron chi connectivity index (χ0n) is 10.7. The van der Waals surface area contributed by atoms with Gasteiger partial charge in [0, 0.05) is 13.6 Å². The van der Waals surface area contributed by atoms with Gasteiger partial charge >= 0.3 is 0 Å². The topological polar surface area (TPSA) is 55.6 Å². The third-order valence-corrected chi connectivity index (χ3v) is 3.08. The van der Waals surface area contributed by atoms with Crippen LogP contribution in [0.4, 0.5) is 5.82 Å². The fourth-order valence-corrected chi connectivity index (χ4v) is 2.07. The van der Waals surface area contributed by atoms with Crippen molar-refractivity contribution in [1.29, 1.82) is 0 Å². The Morgan fingerprint density at radius 2 is 2.00 bits per heavy atom. The second-order valence-electron chi connectivity index (χ2n) is 4.39. The van der Waals surface area contributed by atoms with Gasteiger partial charge in [-0.25, -0.2) is 9.97 Å². The van der Waals surface area contributed by atoms with Gasteiger partial charge in [-0.1, -0.05) is 30.3 Å². The molecule has 0 saturated carbocycles. The second kappa shape index (κ2) is 5.06. The first-order chi connectivity index (χ1) is 9.34. The first-order valence-electron chi connectivity index (χ1n) is 6.25. The maximum atomic E-state index is 4.28. The summed E-state index contributed by atoms with van der Waals surface area (Å²) in [5.41, 5.74) is 2.16. The lowest BCUT2D eigenvalue weighted by Gasteiger charge is -2.06. The highest BCUT2D eigenvalue weighted by Crippen LogP contribution is 2.17. The number of hydrogen-bond donors (Lipinski definition) is 1. The smallest absolute Gasteiger partial charge is 0.163 e. The molecule has 0 saturated heterocycles. The molecule has 0 fully saturated rings. The molecule has 0 amide bonds. The van der Waals surface area contributed by atoms with Crippen molar-refractivity contribution in [2.45, 2.75) is 6.42 Å². The van der Waals surface area contributed by atoms with E-state index < -0.39 is 0 Å². The minimum Gasteiger partial charge on any atom is -0.369 e. The summed E-state index contributed by atoms with van der Waals surface area (Å²) in [4.78, 5) is 8.49. The zero-order chi connectivity index (χ0) is 13.1. The first kappa shape index (κ1) is 11.6. The molecular weight excluding hydrogens is 238 g/mol. The largest absolute Gasteiger partial charge is 0.369 e. The quantitative estimate of drug-likeness (QED) is 0.773. The Labute approximate surface area is 111 Å². The van der Waals surface area contributed by atoms with E-state index in [0.717, 1.165) is 29.8 Å². The normalized spacial score (nSPS) is 10.8. The van der Waals surface area contributed by atoms with Crippen LogP contribution in [0.3, 0.4) is 0 Å². The van der Waals surface area contributed by atoms with Crippen molar-refractivity contribution in [2.75, 3.05) is 11.9 Å². The number of nitrogens with one attached hydrogen (secondary N) is 1. The van der Waals surface area contributed by atoms with E-state index in [1.54, 1.807) is 17.2 Å². The van der Waals surface area contributed by atoms with Gasteiger partial charge in [-0.15, -0.1) is 0 Å². The molecule has 96 valence electrons. The molecule has 0 bridgehead atoms. The molecule has 5 heteroatoms. The van der Waals surface area contributed by atoms with E-state index in [9.17, 15) is 0 Å². The molecule has 19 heavy (non-hydrogen) atoms. The van der Waals surface area contributed by atoms with Gasteiger partial charge in [0.2, 0.25) is 0 Å². The molecule has 2 heterocycles. The van der Waals surface area contributed by atoms with E-state index in [1.807, 2.05) is 13.1 Å². The molecular formula is C14H15N5. The zero-order valence-corrected chi connectivity index (χ0v) is 10.7. The highest BCUT2D eigenvalue weighted by atomic mass is 15.3. The Bertz CT molecular complexity index is 675. The molecule has 1 aromatic carbocycles. The summed E-state index contributed by atoms with van der Waals surface area (Å²) in [6.45, 7) is 0.838. The lowest BCUT2D eigenvalue weighted by Crippen LogP contribution is -2.07. The molecule has 0 aliphatic carbocycles. The summed E-state index contributed by atoms with van der Waals surface area (Å²) in [6, 6.07) is 10.4. The molecule has 3 aromatic rings. The molecule has 1 N–H and O–H groups in total. The fraction of sp³-hybridized carbons (Fsp3) is 0.214. The predicted molar refractivity (Wildman–Crippen MR) is 74.9 cm³/mol.